The Labute approximate surface area is 211 Å². The van der Waals surface area contributed by atoms with Crippen molar-refractivity contribution in [2.75, 3.05) is 12.4 Å². The van der Waals surface area contributed by atoms with Crippen molar-refractivity contribution in [3.05, 3.63) is 87.0 Å². The molecular weight excluding hydrogens is 483 g/mol. The van der Waals surface area contributed by atoms with Crippen LogP contribution < -0.4 is 11.1 Å². The van der Waals surface area contributed by atoms with Crippen LogP contribution in [0.15, 0.2) is 64.5 Å². The number of nitrogens with two attached hydrogens (primary N) is 1. The molecule has 2 heterocycles. The molecule has 8 nitrogen and oxygen atoms in total. The van der Waals surface area contributed by atoms with Crippen LogP contribution in [-0.4, -0.2) is 35.0 Å². The number of methoxy groups -OCH3 is 1. The summed E-state index contributed by atoms with van der Waals surface area (Å²) in [5.41, 5.74) is 9.25. The lowest BCUT2D eigenvalue weighted by Gasteiger charge is -2.32. The van der Waals surface area contributed by atoms with Gasteiger partial charge in [-0.2, -0.15) is 5.26 Å². The van der Waals surface area contributed by atoms with E-state index in [0.29, 0.717) is 11.3 Å². The molecule has 0 aliphatic carbocycles. The number of allylic oxidation sites excluding steroid dienone is 1. The zero-order chi connectivity index (χ0) is 26.1. The highest BCUT2D eigenvalue weighted by Crippen LogP contribution is 2.50. The highest BCUT2D eigenvalue weighted by Gasteiger charge is 2.48. The zero-order valence-electron chi connectivity index (χ0n) is 19.8. The maximum atomic E-state index is 13.8. The summed E-state index contributed by atoms with van der Waals surface area (Å²) in [6.07, 6.45) is -0.234. The predicted molar refractivity (Wildman–Crippen MR) is 132 cm³/mol. The molecule has 3 N–H and O–H groups in total. The molecule has 0 bridgehead atoms. The maximum Gasteiger partial charge on any atom is 0.307 e. The van der Waals surface area contributed by atoms with Gasteiger partial charge in [-0.25, -0.2) is 4.39 Å². The molecule has 1 saturated heterocycles. The van der Waals surface area contributed by atoms with Crippen molar-refractivity contribution in [2.45, 2.75) is 31.4 Å². The molecule has 184 valence electrons. The number of thioether (sulfide) groups is 1. The van der Waals surface area contributed by atoms with Crippen molar-refractivity contribution in [1.29, 1.82) is 5.26 Å². The van der Waals surface area contributed by atoms with Crippen LogP contribution >= 0.6 is 11.8 Å². The Morgan fingerprint density at radius 2 is 1.92 bits per heavy atom. The Kier molecular flexibility index (Phi) is 6.86. The number of nitriles is 1. The molecule has 2 aromatic carbocycles. The van der Waals surface area contributed by atoms with Crippen LogP contribution in [0.1, 0.15) is 29.0 Å². The number of ether oxygens (including phenoxy) is 1. The molecule has 2 amide bonds. The molecule has 0 unspecified atom stereocenters. The Hall–Kier alpha value is -4.10. The fourth-order valence-corrected chi connectivity index (χ4v) is 5.60. The molecule has 2 aliphatic heterocycles. The fraction of sp³-hybridized carbons (Fsp3) is 0.231. The summed E-state index contributed by atoms with van der Waals surface area (Å²) in [6.45, 7) is 3.78. The van der Waals surface area contributed by atoms with Gasteiger partial charge in [0.2, 0.25) is 5.91 Å². The third-order valence-corrected chi connectivity index (χ3v) is 7.33. The summed E-state index contributed by atoms with van der Waals surface area (Å²) in [5.74, 6) is -3.24. The molecule has 1 fully saturated rings. The van der Waals surface area contributed by atoms with Gasteiger partial charge in [0.05, 0.1) is 41.7 Å². The first-order valence-corrected chi connectivity index (χ1v) is 11.9. The van der Waals surface area contributed by atoms with E-state index in [9.17, 15) is 24.0 Å². The first kappa shape index (κ1) is 25.0. The van der Waals surface area contributed by atoms with Gasteiger partial charge in [0.15, 0.2) is 0 Å². The summed E-state index contributed by atoms with van der Waals surface area (Å²) < 4.78 is 18.4. The maximum absolute atomic E-state index is 13.8. The first-order chi connectivity index (χ1) is 17.2. The summed E-state index contributed by atoms with van der Waals surface area (Å²) in [4.78, 5) is 40.1. The average Bonchev–Trinajstić information content (AvgIpc) is 3.16. The number of hydrogen-bond donors (Lipinski definition) is 2. The normalized spacial score (nSPS) is 19.2. The minimum atomic E-state index is -0.954. The van der Waals surface area contributed by atoms with E-state index in [0.717, 1.165) is 27.8 Å². The smallest absolute Gasteiger partial charge is 0.307 e. The van der Waals surface area contributed by atoms with Crippen LogP contribution in [0, 0.1) is 31.0 Å². The standard InChI is InChI=1S/C26H23FN4O4S/c1-13-4-9-18(14(2)10-13)30-24(33)22-21(15-5-7-16(27)8-6-15)17(12-28)23(29)31-25(34)19(36-26(22)31)11-20(32)35-3/h4-10,19,21H,11,29H2,1-3H3,(H,30,33)/t19-,21-/m0/s1. The highest BCUT2D eigenvalue weighted by atomic mass is 32.2. The van der Waals surface area contributed by atoms with Crippen molar-refractivity contribution >= 4 is 35.2 Å². The molecule has 2 aliphatic rings. The van der Waals surface area contributed by atoms with Gasteiger partial charge in [-0.05, 0) is 43.2 Å². The van der Waals surface area contributed by atoms with Crippen LogP contribution in [0.2, 0.25) is 0 Å². The molecule has 0 aromatic heterocycles. The van der Waals surface area contributed by atoms with Gasteiger partial charge in [-0.3, -0.25) is 19.3 Å². The Morgan fingerprint density at radius 1 is 1.22 bits per heavy atom. The van der Waals surface area contributed by atoms with Crippen LogP contribution in [0.25, 0.3) is 0 Å². The van der Waals surface area contributed by atoms with Crippen LogP contribution in [0.4, 0.5) is 10.1 Å². The van der Waals surface area contributed by atoms with Gasteiger partial charge in [0.1, 0.15) is 16.9 Å². The predicted octanol–water partition coefficient (Wildman–Crippen LogP) is 3.59. The van der Waals surface area contributed by atoms with Crippen molar-refractivity contribution in [1.82, 2.24) is 4.90 Å². The van der Waals surface area contributed by atoms with Gasteiger partial charge in [-0.15, -0.1) is 0 Å². The summed E-state index contributed by atoms with van der Waals surface area (Å²) in [5, 5.41) is 12.3. The Balaban J connectivity index is 1.88. The second kappa shape index (κ2) is 9.87. The number of benzene rings is 2. The van der Waals surface area contributed by atoms with Crippen LogP contribution in [0.3, 0.4) is 0 Å². The van der Waals surface area contributed by atoms with E-state index in [1.165, 1.54) is 31.4 Å². The summed E-state index contributed by atoms with van der Waals surface area (Å²) in [6, 6.07) is 13.0. The molecule has 0 spiro atoms. The number of nitrogens with zero attached hydrogens (tertiary/aromatic N) is 2. The van der Waals surface area contributed by atoms with Crippen LogP contribution in [-0.2, 0) is 19.1 Å². The fourth-order valence-electron chi connectivity index (χ4n) is 4.28. The van der Waals surface area contributed by atoms with E-state index in [4.69, 9.17) is 10.5 Å². The average molecular weight is 507 g/mol. The lowest BCUT2D eigenvalue weighted by atomic mass is 9.82. The number of carbonyl (C=O) groups is 3. The molecule has 10 heteroatoms. The van der Waals surface area contributed by atoms with Gasteiger partial charge >= 0.3 is 5.97 Å². The topological polar surface area (TPSA) is 126 Å². The number of anilines is 1. The molecule has 4 rings (SSSR count). The SMILES string of the molecule is COC(=O)C[C@@H]1SC2=C(C(=O)Nc3ccc(C)cc3C)[C@@H](c3ccc(F)cc3)C(C#N)=C(N)N2C1=O. The number of nitrogens with one attached hydrogen (secondary N) is 1. The van der Waals surface area contributed by atoms with E-state index in [1.807, 2.05) is 32.0 Å². The monoisotopic (exact) mass is 506 g/mol. The number of hydrogen-bond acceptors (Lipinski definition) is 7. The van der Waals surface area contributed by atoms with E-state index in [1.54, 1.807) is 6.07 Å². The second-order valence-electron chi connectivity index (χ2n) is 8.45. The van der Waals surface area contributed by atoms with Gasteiger partial charge < -0.3 is 15.8 Å². The van der Waals surface area contributed by atoms with Gasteiger partial charge in [0.25, 0.3) is 5.91 Å². The number of esters is 1. The number of halogens is 1. The first-order valence-electron chi connectivity index (χ1n) is 11.0. The molecular formula is C26H23FN4O4S. The lowest BCUT2D eigenvalue weighted by molar-refractivity contribution is -0.142. The lowest BCUT2D eigenvalue weighted by Crippen LogP contribution is -2.39. The number of carbonyl (C=O) groups excluding carboxylic acids is 3. The minimum Gasteiger partial charge on any atom is -0.469 e. The Morgan fingerprint density at radius 3 is 2.53 bits per heavy atom. The minimum absolute atomic E-state index is 0.0243. The third kappa shape index (κ3) is 4.45. The van der Waals surface area contributed by atoms with Gasteiger partial charge in [-0.1, -0.05) is 41.6 Å². The largest absolute Gasteiger partial charge is 0.469 e. The number of fused-ring (bicyclic) bond motifs is 1. The quantitative estimate of drug-likeness (QED) is 0.594. The van der Waals surface area contributed by atoms with Gasteiger partial charge in [0, 0.05) is 5.69 Å². The van der Waals surface area contributed by atoms with Crippen LogP contribution in [0.5, 0.6) is 0 Å². The van der Waals surface area contributed by atoms with Crippen molar-refractivity contribution in [3.8, 4) is 6.07 Å². The second-order valence-corrected chi connectivity index (χ2v) is 9.64. The van der Waals surface area contributed by atoms with E-state index in [-0.39, 0.29) is 28.4 Å². The molecule has 2 aromatic rings. The molecule has 2 atom stereocenters. The van der Waals surface area contributed by atoms with E-state index < -0.39 is 34.8 Å². The molecule has 0 saturated carbocycles. The highest BCUT2D eigenvalue weighted by molar-refractivity contribution is 8.04. The van der Waals surface area contributed by atoms with Crippen molar-refractivity contribution in [3.63, 3.8) is 0 Å². The Bertz CT molecular complexity index is 1380. The number of amides is 2. The number of rotatable bonds is 5. The van der Waals surface area contributed by atoms with E-state index in [2.05, 4.69) is 5.32 Å². The number of aryl methyl sites for hydroxylation is 2. The summed E-state index contributed by atoms with van der Waals surface area (Å²) in [7, 11) is 1.22. The van der Waals surface area contributed by atoms with E-state index >= 15 is 0 Å². The van der Waals surface area contributed by atoms with Crippen molar-refractivity contribution < 1.29 is 23.5 Å². The third-order valence-electron chi connectivity index (χ3n) is 6.06. The molecule has 0 radical (unpaired) electrons. The van der Waals surface area contributed by atoms with Crippen molar-refractivity contribution in [2.24, 2.45) is 5.73 Å². The summed E-state index contributed by atoms with van der Waals surface area (Å²) >= 11 is 1.01. The molecule has 36 heavy (non-hydrogen) atoms. The zero-order valence-corrected chi connectivity index (χ0v) is 20.6.